The number of carboxylic acids is 1. The third-order valence-corrected chi connectivity index (χ3v) is 6.15. The number of hydrogen-bond donors (Lipinski definition) is 1. The molecule has 0 amide bonds. The number of carboxylic acid groups (broad SMARTS) is 1. The highest BCUT2D eigenvalue weighted by atomic mass is 32.2. The molecule has 0 spiro atoms. The summed E-state index contributed by atoms with van der Waals surface area (Å²) < 4.78 is 5.51. The lowest BCUT2D eigenvalue weighted by atomic mass is 10.0. The molecule has 1 N–H and O–H groups in total. The van der Waals surface area contributed by atoms with Crippen molar-refractivity contribution < 1.29 is 14.6 Å². The first-order valence-electron chi connectivity index (χ1n) is 5.24. The zero-order valence-electron chi connectivity index (χ0n) is 9.73. The normalized spacial score (nSPS) is 17.1. The van der Waals surface area contributed by atoms with Crippen molar-refractivity contribution in [3.8, 4) is 5.75 Å². The van der Waals surface area contributed by atoms with E-state index in [0.29, 0.717) is 12.2 Å². The fraction of sp³-hybridized carbons (Fsp3) is 0.417. The number of aromatic carboxylic acids is 1. The molecular formula is C12H14O3S2. The molecule has 1 aromatic carbocycles. The topological polar surface area (TPSA) is 46.5 Å². The van der Waals surface area contributed by atoms with Gasteiger partial charge in [-0.2, -0.15) is 0 Å². The van der Waals surface area contributed by atoms with Crippen LogP contribution >= 0.6 is 23.5 Å². The second-order valence-corrected chi connectivity index (χ2v) is 6.24. The minimum atomic E-state index is -0.894. The molecule has 0 unspecified atom stereocenters. The van der Waals surface area contributed by atoms with Crippen molar-refractivity contribution in [2.45, 2.75) is 10.5 Å². The summed E-state index contributed by atoms with van der Waals surface area (Å²) in [6.45, 7) is 0.682. The fourth-order valence-electron chi connectivity index (χ4n) is 2.02. The number of thioether (sulfide) groups is 2. The van der Waals surface area contributed by atoms with Gasteiger partial charge in [0, 0.05) is 12.0 Å². The van der Waals surface area contributed by atoms with E-state index in [4.69, 9.17) is 9.84 Å². The average Bonchev–Trinajstić information content (AvgIpc) is 2.37. The predicted octanol–water partition coefficient (Wildman–Crippen LogP) is 3.05. The number of carbonyl (C=O) groups is 1. The Bertz CT molecular complexity index is 441. The van der Waals surface area contributed by atoms with Crippen LogP contribution in [0, 0.1) is 0 Å². The van der Waals surface area contributed by atoms with Gasteiger partial charge < -0.3 is 9.84 Å². The van der Waals surface area contributed by atoms with Gasteiger partial charge in [0.15, 0.2) is 0 Å². The lowest BCUT2D eigenvalue weighted by Crippen LogP contribution is -2.26. The van der Waals surface area contributed by atoms with Crippen LogP contribution in [0.3, 0.4) is 0 Å². The van der Waals surface area contributed by atoms with Crippen LogP contribution in [0.15, 0.2) is 18.2 Å². The van der Waals surface area contributed by atoms with Gasteiger partial charge in [0.1, 0.15) is 5.75 Å². The number of benzene rings is 1. The Morgan fingerprint density at radius 3 is 2.71 bits per heavy atom. The molecule has 0 fully saturated rings. The number of fused-ring (bicyclic) bond motifs is 1. The second-order valence-electron chi connectivity index (χ2n) is 3.78. The zero-order valence-corrected chi connectivity index (χ0v) is 11.4. The standard InChI is InChI=1S/C12H14O3S2/c1-16-12(17-2)5-6-15-10-4-3-8(11(13)14)7-9(10)12/h3-4,7H,5-6H2,1-2H3,(H,13,14). The van der Waals surface area contributed by atoms with E-state index in [9.17, 15) is 4.79 Å². The molecule has 5 heteroatoms. The highest BCUT2D eigenvalue weighted by Gasteiger charge is 2.37. The molecule has 0 aliphatic carbocycles. The molecule has 0 radical (unpaired) electrons. The van der Waals surface area contributed by atoms with Crippen molar-refractivity contribution in [2.24, 2.45) is 0 Å². The SMILES string of the molecule is CSC1(SC)CCOc2ccc(C(=O)O)cc21. The van der Waals surface area contributed by atoms with Gasteiger partial charge in [-0.15, -0.1) is 23.5 Å². The van der Waals surface area contributed by atoms with Gasteiger partial charge in [0.05, 0.1) is 16.2 Å². The molecule has 17 heavy (non-hydrogen) atoms. The lowest BCUT2D eigenvalue weighted by molar-refractivity contribution is 0.0696. The van der Waals surface area contributed by atoms with Crippen LogP contribution in [0.5, 0.6) is 5.75 Å². The van der Waals surface area contributed by atoms with Gasteiger partial charge in [-0.3, -0.25) is 0 Å². The van der Waals surface area contributed by atoms with Crippen LogP contribution in [0.2, 0.25) is 0 Å². The van der Waals surface area contributed by atoms with E-state index >= 15 is 0 Å². The molecule has 1 aliphatic heterocycles. The predicted molar refractivity (Wildman–Crippen MR) is 72.2 cm³/mol. The van der Waals surface area contributed by atoms with Gasteiger partial charge in [-0.05, 0) is 30.7 Å². The largest absolute Gasteiger partial charge is 0.493 e. The molecule has 92 valence electrons. The lowest BCUT2D eigenvalue weighted by Gasteiger charge is -2.36. The molecule has 0 aromatic heterocycles. The third kappa shape index (κ3) is 2.13. The Hall–Kier alpha value is -0.810. The molecule has 1 aliphatic rings. The van der Waals surface area contributed by atoms with Crippen LogP contribution in [0.25, 0.3) is 0 Å². The van der Waals surface area contributed by atoms with Crippen molar-refractivity contribution in [3.05, 3.63) is 29.3 Å². The van der Waals surface area contributed by atoms with Crippen LogP contribution in [-0.4, -0.2) is 30.2 Å². The van der Waals surface area contributed by atoms with E-state index in [1.165, 1.54) is 0 Å². The van der Waals surface area contributed by atoms with Gasteiger partial charge in [0.2, 0.25) is 0 Å². The Morgan fingerprint density at radius 1 is 1.41 bits per heavy atom. The van der Waals surface area contributed by atoms with Gasteiger partial charge in [-0.1, -0.05) is 0 Å². The first-order chi connectivity index (χ1) is 8.13. The summed E-state index contributed by atoms with van der Waals surface area (Å²) in [4.78, 5) is 11.0. The molecule has 0 saturated heterocycles. The van der Waals surface area contributed by atoms with Crippen LogP contribution in [0.4, 0.5) is 0 Å². The van der Waals surface area contributed by atoms with E-state index in [-0.39, 0.29) is 4.08 Å². The third-order valence-electron chi connectivity index (χ3n) is 2.99. The van der Waals surface area contributed by atoms with Crippen molar-refractivity contribution in [1.82, 2.24) is 0 Å². The number of rotatable bonds is 3. The number of hydrogen-bond acceptors (Lipinski definition) is 4. The molecule has 2 rings (SSSR count). The summed E-state index contributed by atoms with van der Waals surface area (Å²) in [5.74, 6) is -0.0839. The van der Waals surface area contributed by atoms with E-state index < -0.39 is 5.97 Å². The van der Waals surface area contributed by atoms with Crippen molar-refractivity contribution in [3.63, 3.8) is 0 Å². The van der Waals surface area contributed by atoms with E-state index in [1.807, 2.05) is 0 Å². The fourth-order valence-corrected chi connectivity index (χ4v) is 4.02. The summed E-state index contributed by atoms with van der Waals surface area (Å²) in [6.07, 6.45) is 5.00. The summed E-state index contributed by atoms with van der Waals surface area (Å²) in [6, 6.07) is 5.10. The van der Waals surface area contributed by atoms with Crippen LogP contribution in [-0.2, 0) is 4.08 Å². The quantitative estimate of drug-likeness (QED) is 0.855. The average molecular weight is 270 g/mol. The Morgan fingerprint density at radius 2 is 2.12 bits per heavy atom. The van der Waals surface area contributed by atoms with Gasteiger partial charge in [-0.25, -0.2) is 4.79 Å². The highest BCUT2D eigenvalue weighted by molar-refractivity contribution is 8.16. The van der Waals surface area contributed by atoms with E-state index in [0.717, 1.165) is 17.7 Å². The maximum atomic E-state index is 11.0. The maximum Gasteiger partial charge on any atom is 0.335 e. The molecule has 1 heterocycles. The Balaban J connectivity index is 2.55. The highest BCUT2D eigenvalue weighted by Crippen LogP contribution is 2.52. The zero-order chi connectivity index (χ0) is 12.5. The van der Waals surface area contributed by atoms with E-state index in [1.54, 1.807) is 41.7 Å². The summed E-state index contributed by atoms with van der Waals surface area (Å²) in [5, 5.41) is 9.05. The van der Waals surface area contributed by atoms with Crippen molar-refractivity contribution >= 4 is 29.5 Å². The van der Waals surface area contributed by atoms with Crippen molar-refractivity contribution in [1.29, 1.82) is 0 Å². The van der Waals surface area contributed by atoms with Gasteiger partial charge >= 0.3 is 5.97 Å². The Labute approximate surface area is 109 Å². The molecular weight excluding hydrogens is 256 g/mol. The molecule has 0 saturated carbocycles. The van der Waals surface area contributed by atoms with Crippen molar-refractivity contribution in [2.75, 3.05) is 19.1 Å². The molecule has 0 bridgehead atoms. The summed E-state index contributed by atoms with van der Waals surface area (Å²) in [7, 11) is 0. The smallest absolute Gasteiger partial charge is 0.335 e. The number of ether oxygens (including phenoxy) is 1. The maximum absolute atomic E-state index is 11.0. The molecule has 3 nitrogen and oxygen atoms in total. The van der Waals surface area contributed by atoms with Gasteiger partial charge in [0.25, 0.3) is 0 Å². The summed E-state index contributed by atoms with van der Waals surface area (Å²) in [5.41, 5.74) is 1.31. The minimum absolute atomic E-state index is 0.0843. The second kappa shape index (κ2) is 4.82. The first-order valence-corrected chi connectivity index (χ1v) is 7.69. The summed E-state index contributed by atoms with van der Waals surface area (Å²) >= 11 is 3.49. The Kier molecular flexibility index (Phi) is 3.58. The van der Waals surface area contributed by atoms with Crippen LogP contribution in [0.1, 0.15) is 22.3 Å². The monoisotopic (exact) mass is 270 g/mol. The van der Waals surface area contributed by atoms with E-state index in [2.05, 4.69) is 12.5 Å². The molecule has 0 atom stereocenters. The molecule has 1 aromatic rings. The first kappa shape index (κ1) is 12.6. The van der Waals surface area contributed by atoms with Crippen LogP contribution < -0.4 is 4.74 Å². The minimum Gasteiger partial charge on any atom is -0.493 e.